The van der Waals surface area contributed by atoms with E-state index in [1.807, 2.05) is 0 Å². The van der Waals surface area contributed by atoms with Crippen LogP contribution in [0.15, 0.2) is 12.4 Å². The van der Waals surface area contributed by atoms with E-state index in [0.29, 0.717) is 0 Å². The van der Waals surface area contributed by atoms with Crippen molar-refractivity contribution >= 4 is 10.0 Å². The Kier molecular flexibility index (Phi) is 1.24. The summed E-state index contributed by atoms with van der Waals surface area (Å²) in [7, 11) is -3.22. The van der Waals surface area contributed by atoms with Crippen LogP contribution in [0.3, 0.4) is 0 Å². The van der Waals surface area contributed by atoms with Gasteiger partial charge in [-0.25, -0.2) is 8.42 Å². The molecule has 0 radical (unpaired) electrons. The second-order valence-corrected chi connectivity index (χ2v) is 3.38. The Balaban J connectivity index is 3.20. The van der Waals surface area contributed by atoms with E-state index >= 15 is 0 Å². The van der Waals surface area contributed by atoms with Crippen LogP contribution in [0.5, 0.6) is 0 Å². The quantitative estimate of drug-likeness (QED) is 0.515. The molecule has 5 nitrogen and oxygen atoms in total. The molecule has 0 aliphatic heterocycles. The monoisotopic (exact) mass is 147 g/mol. The minimum atomic E-state index is -3.22. The Bertz CT molecular complexity index is 274. The van der Waals surface area contributed by atoms with Gasteiger partial charge in [-0.1, -0.05) is 5.21 Å². The lowest BCUT2D eigenvalue weighted by Crippen LogP contribution is -2.10. The van der Waals surface area contributed by atoms with Crippen molar-refractivity contribution in [2.45, 2.75) is 0 Å². The van der Waals surface area contributed by atoms with Gasteiger partial charge in [0.15, 0.2) is 0 Å². The van der Waals surface area contributed by atoms with Crippen LogP contribution in [-0.2, 0) is 10.0 Å². The summed E-state index contributed by atoms with van der Waals surface area (Å²) in [5.74, 6) is 0. The van der Waals surface area contributed by atoms with E-state index in [2.05, 4.69) is 10.3 Å². The maximum Gasteiger partial charge on any atom is 0.252 e. The highest BCUT2D eigenvalue weighted by Crippen LogP contribution is 1.85. The molecule has 1 aromatic heterocycles. The zero-order chi connectivity index (χ0) is 6.91. The number of hydrogen-bond donors (Lipinski definition) is 0. The number of aromatic nitrogens is 3. The molecule has 6 heteroatoms. The van der Waals surface area contributed by atoms with Crippen LogP contribution in [0.2, 0.25) is 0 Å². The molecule has 0 spiro atoms. The predicted octanol–water partition coefficient (Wildman–Crippen LogP) is -0.914. The second-order valence-electron chi connectivity index (χ2n) is 1.54. The Morgan fingerprint density at radius 2 is 2.22 bits per heavy atom. The zero-order valence-corrected chi connectivity index (χ0v) is 5.54. The molecule has 0 unspecified atom stereocenters. The van der Waals surface area contributed by atoms with Gasteiger partial charge in [-0.2, -0.15) is 0 Å². The first-order valence-corrected chi connectivity index (χ1v) is 4.02. The fourth-order valence-electron chi connectivity index (χ4n) is 0.374. The minimum absolute atomic E-state index is 0.799. The first-order chi connectivity index (χ1) is 4.11. The summed E-state index contributed by atoms with van der Waals surface area (Å²) in [6, 6.07) is 0. The number of hydrogen-bond acceptors (Lipinski definition) is 4. The van der Waals surface area contributed by atoms with Crippen molar-refractivity contribution in [1.29, 1.82) is 0 Å². The Labute approximate surface area is 52.4 Å². The molecule has 9 heavy (non-hydrogen) atoms. The third-order valence-electron chi connectivity index (χ3n) is 0.740. The molecule has 0 aromatic carbocycles. The molecule has 0 bridgehead atoms. The van der Waals surface area contributed by atoms with Gasteiger partial charge in [0.1, 0.15) is 0 Å². The van der Waals surface area contributed by atoms with Gasteiger partial charge < -0.3 is 0 Å². The summed E-state index contributed by atoms with van der Waals surface area (Å²) in [6.45, 7) is 0. The van der Waals surface area contributed by atoms with Gasteiger partial charge in [0.25, 0.3) is 10.0 Å². The highest BCUT2D eigenvalue weighted by atomic mass is 32.2. The third-order valence-corrected chi connectivity index (χ3v) is 1.61. The summed E-state index contributed by atoms with van der Waals surface area (Å²) < 4.78 is 21.9. The fraction of sp³-hybridized carbons (Fsp3) is 0.333. The second kappa shape index (κ2) is 1.80. The molecule has 1 aromatic rings. The summed E-state index contributed by atoms with van der Waals surface area (Å²) in [4.78, 5) is 0. The lowest BCUT2D eigenvalue weighted by Gasteiger charge is -1.90. The standard InChI is InChI=1S/C3H5N3O2S/c1-9(7,8)6-3-2-4-5-6/h2-3H,1H3. The van der Waals surface area contributed by atoms with Crippen molar-refractivity contribution in [3.05, 3.63) is 12.4 Å². The van der Waals surface area contributed by atoms with Gasteiger partial charge in [-0.15, -0.1) is 9.19 Å². The number of rotatable bonds is 1. The third kappa shape index (κ3) is 1.26. The van der Waals surface area contributed by atoms with Crippen LogP contribution in [-0.4, -0.2) is 29.1 Å². The highest BCUT2D eigenvalue weighted by molar-refractivity contribution is 7.89. The van der Waals surface area contributed by atoms with Crippen LogP contribution < -0.4 is 0 Å². The topological polar surface area (TPSA) is 64.8 Å². The Morgan fingerprint density at radius 3 is 2.44 bits per heavy atom. The van der Waals surface area contributed by atoms with Crippen LogP contribution in [0.1, 0.15) is 0 Å². The first kappa shape index (κ1) is 6.21. The molecule has 0 aliphatic rings. The van der Waals surface area contributed by atoms with Gasteiger partial charge in [-0.3, -0.25) is 0 Å². The van der Waals surface area contributed by atoms with Crippen molar-refractivity contribution in [3.8, 4) is 0 Å². The Hall–Kier alpha value is -0.910. The smallest absolute Gasteiger partial charge is 0.205 e. The summed E-state index contributed by atoms with van der Waals surface area (Å²) >= 11 is 0. The van der Waals surface area contributed by atoms with Crippen molar-refractivity contribution in [1.82, 2.24) is 14.4 Å². The van der Waals surface area contributed by atoms with E-state index in [-0.39, 0.29) is 0 Å². The molecule has 1 heterocycles. The molecular formula is C3H5N3O2S. The lowest BCUT2D eigenvalue weighted by atomic mass is 11.0. The van der Waals surface area contributed by atoms with Crippen LogP contribution in [0, 0.1) is 0 Å². The molecule has 0 saturated heterocycles. The molecule has 0 fully saturated rings. The van der Waals surface area contributed by atoms with E-state index in [9.17, 15) is 8.42 Å². The van der Waals surface area contributed by atoms with Gasteiger partial charge >= 0.3 is 0 Å². The van der Waals surface area contributed by atoms with Crippen LogP contribution in [0.25, 0.3) is 0 Å². The highest BCUT2D eigenvalue weighted by Gasteiger charge is 2.02. The van der Waals surface area contributed by atoms with Crippen LogP contribution >= 0.6 is 0 Å². The molecule has 0 saturated carbocycles. The van der Waals surface area contributed by atoms with Crippen molar-refractivity contribution < 1.29 is 8.42 Å². The average molecular weight is 147 g/mol. The minimum Gasteiger partial charge on any atom is -0.205 e. The zero-order valence-electron chi connectivity index (χ0n) is 4.72. The summed E-state index contributed by atoms with van der Waals surface area (Å²) in [5, 5.41) is 6.59. The van der Waals surface area contributed by atoms with Crippen molar-refractivity contribution in [2.75, 3.05) is 6.26 Å². The fourth-order valence-corrected chi connectivity index (χ4v) is 0.825. The molecule has 1 rings (SSSR count). The Morgan fingerprint density at radius 1 is 1.56 bits per heavy atom. The van der Waals surface area contributed by atoms with Crippen molar-refractivity contribution in [2.24, 2.45) is 0 Å². The SMILES string of the molecule is CS(=O)(=O)n1ccnn1. The number of nitrogens with zero attached hydrogens (tertiary/aromatic N) is 3. The first-order valence-electron chi connectivity index (χ1n) is 2.17. The van der Waals surface area contributed by atoms with Gasteiger partial charge in [0.2, 0.25) is 0 Å². The van der Waals surface area contributed by atoms with Crippen LogP contribution in [0.4, 0.5) is 0 Å². The van der Waals surface area contributed by atoms with E-state index < -0.39 is 10.0 Å². The van der Waals surface area contributed by atoms with E-state index in [4.69, 9.17) is 0 Å². The maximum atomic E-state index is 10.6. The maximum absolute atomic E-state index is 10.6. The van der Waals surface area contributed by atoms with Gasteiger partial charge in [0, 0.05) is 0 Å². The molecule has 0 N–H and O–H groups in total. The average Bonchev–Trinajstić information content (AvgIpc) is 2.08. The van der Waals surface area contributed by atoms with E-state index in [0.717, 1.165) is 10.3 Å². The molecule has 0 atom stereocenters. The molecule has 0 aliphatic carbocycles. The molecular weight excluding hydrogens is 142 g/mol. The lowest BCUT2D eigenvalue weighted by molar-refractivity contribution is 0.583. The van der Waals surface area contributed by atoms with E-state index in [1.54, 1.807) is 0 Å². The molecule has 0 amide bonds. The van der Waals surface area contributed by atoms with E-state index in [1.165, 1.54) is 12.4 Å². The van der Waals surface area contributed by atoms with Gasteiger partial charge in [0.05, 0.1) is 18.6 Å². The normalized spacial score (nSPS) is 11.7. The predicted molar refractivity (Wildman–Crippen MR) is 30.3 cm³/mol. The summed E-state index contributed by atoms with van der Waals surface area (Å²) in [6.07, 6.45) is 3.64. The van der Waals surface area contributed by atoms with Crippen molar-refractivity contribution in [3.63, 3.8) is 0 Å². The molecule has 50 valence electrons. The largest absolute Gasteiger partial charge is 0.252 e. The van der Waals surface area contributed by atoms with Gasteiger partial charge in [-0.05, 0) is 0 Å². The summed E-state index contributed by atoms with van der Waals surface area (Å²) in [5.41, 5.74) is 0.